The maximum atomic E-state index is 12.6. The zero-order valence-corrected chi connectivity index (χ0v) is 33.2. The van der Waals surface area contributed by atoms with E-state index in [2.05, 4.69) is 61.7 Å². The van der Waals surface area contributed by atoms with Crippen LogP contribution in [0, 0.1) is 0 Å². The molecule has 2 N–H and O–H groups in total. The van der Waals surface area contributed by atoms with Crippen molar-refractivity contribution in [3.05, 3.63) is 48.6 Å². The van der Waals surface area contributed by atoms with Crippen LogP contribution in [0.15, 0.2) is 48.6 Å². The van der Waals surface area contributed by atoms with Crippen molar-refractivity contribution in [2.75, 3.05) is 6.54 Å². The zero-order chi connectivity index (χ0) is 37.3. The molecule has 0 saturated carbocycles. The highest BCUT2D eigenvalue weighted by Crippen LogP contribution is 2.16. The topological polar surface area (TPSA) is 92.7 Å². The average molecular weight is 714 g/mol. The molecule has 0 aliphatic rings. The smallest absolute Gasteiger partial charge is 0.322 e. The summed E-state index contributed by atoms with van der Waals surface area (Å²) in [5, 5.41) is 11.1. The molecule has 0 heterocycles. The zero-order valence-electron chi connectivity index (χ0n) is 33.2. The Morgan fingerprint density at radius 1 is 0.529 bits per heavy atom. The summed E-state index contributed by atoms with van der Waals surface area (Å²) in [4.78, 5) is 34.9. The number of ether oxygens (including phenoxy) is 1. The number of unbranched alkanes of at least 4 members (excludes halogenated alkanes) is 21. The third kappa shape index (κ3) is 40.0. The molecule has 0 aromatic heterocycles. The number of rotatable bonds is 38. The highest BCUT2D eigenvalue weighted by atomic mass is 16.5. The van der Waals surface area contributed by atoms with Gasteiger partial charge in [0.1, 0.15) is 12.6 Å². The van der Waals surface area contributed by atoms with Crippen molar-refractivity contribution in [3.8, 4) is 0 Å². The molecule has 6 nitrogen and oxygen atoms in total. The molecule has 6 heteroatoms. The predicted octanol–water partition coefficient (Wildman–Crippen LogP) is 13.1. The highest BCUT2D eigenvalue weighted by Gasteiger charge is 2.12. The Morgan fingerprint density at radius 3 is 1.53 bits per heavy atom. The lowest BCUT2D eigenvalue weighted by Crippen LogP contribution is -2.28. The first-order chi connectivity index (χ1) is 25.0. The monoisotopic (exact) mass is 714 g/mol. The number of esters is 1. The number of hydrogen-bond acceptors (Lipinski definition) is 4. The molecule has 0 fully saturated rings. The largest absolute Gasteiger partial charge is 0.480 e. The summed E-state index contributed by atoms with van der Waals surface area (Å²) < 4.78 is 5.87. The van der Waals surface area contributed by atoms with Crippen molar-refractivity contribution in [1.29, 1.82) is 0 Å². The quantitative estimate of drug-likeness (QED) is 0.0377. The summed E-state index contributed by atoms with van der Waals surface area (Å²) in [5.41, 5.74) is 0. The number of carbonyl (C=O) groups is 3. The Kier molecular flexibility index (Phi) is 38.1. The third-order valence-electron chi connectivity index (χ3n) is 9.21. The minimum atomic E-state index is -1.03. The van der Waals surface area contributed by atoms with Gasteiger partial charge in [0.2, 0.25) is 5.91 Å². The van der Waals surface area contributed by atoms with E-state index in [1.807, 2.05) is 6.08 Å². The second kappa shape index (κ2) is 40.1. The van der Waals surface area contributed by atoms with Crippen molar-refractivity contribution in [3.63, 3.8) is 0 Å². The van der Waals surface area contributed by atoms with Crippen LogP contribution in [0.4, 0.5) is 0 Å². The van der Waals surface area contributed by atoms with Crippen LogP contribution in [0.25, 0.3) is 0 Å². The summed E-state index contributed by atoms with van der Waals surface area (Å²) in [6.45, 7) is 4.13. The van der Waals surface area contributed by atoms with Gasteiger partial charge in [0.15, 0.2) is 0 Å². The second-order valence-corrected chi connectivity index (χ2v) is 14.2. The Bertz CT molecular complexity index is 922. The Balaban J connectivity index is 3.94. The molecule has 0 aliphatic carbocycles. The number of allylic oxidation sites excluding steroid dienone is 7. The molecule has 1 unspecified atom stereocenters. The van der Waals surface area contributed by atoms with E-state index in [1.54, 1.807) is 0 Å². The number of carbonyl (C=O) groups excluding carboxylic acids is 2. The predicted molar refractivity (Wildman–Crippen MR) is 217 cm³/mol. The van der Waals surface area contributed by atoms with Crippen LogP contribution in [-0.4, -0.2) is 35.6 Å². The molecular weight excluding hydrogens is 634 g/mol. The molecule has 1 atom stereocenters. The van der Waals surface area contributed by atoms with Crippen molar-refractivity contribution < 1.29 is 24.2 Å². The van der Waals surface area contributed by atoms with Gasteiger partial charge in [-0.2, -0.15) is 0 Å². The van der Waals surface area contributed by atoms with Crippen molar-refractivity contribution in [2.45, 2.75) is 213 Å². The molecule has 0 aliphatic heterocycles. The number of hydrogen-bond donors (Lipinski definition) is 2. The van der Waals surface area contributed by atoms with Gasteiger partial charge < -0.3 is 15.2 Å². The maximum absolute atomic E-state index is 12.6. The molecule has 0 aromatic rings. The van der Waals surface area contributed by atoms with E-state index in [-0.39, 0.29) is 24.5 Å². The fraction of sp³-hybridized carbons (Fsp3) is 0.756. The molecule has 0 rings (SSSR count). The molecule has 0 spiro atoms. The second-order valence-electron chi connectivity index (χ2n) is 14.2. The summed E-state index contributed by atoms with van der Waals surface area (Å²) in [6, 6.07) is 0. The summed E-state index contributed by atoms with van der Waals surface area (Å²) in [7, 11) is 0. The average Bonchev–Trinajstić information content (AvgIpc) is 3.11. The van der Waals surface area contributed by atoms with Gasteiger partial charge in [-0.05, 0) is 76.7 Å². The highest BCUT2D eigenvalue weighted by molar-refractivity contribution is 5.80. The molecule has 51 heavy (non-hydrogen) atoms. The molecule has 294 valence electrons. The lowest BCUT2D eigenvalue weighted by molar-refractivity contribution is -0.147. The molecular formula is C45H79NO5. The normalized spacial score (nSPS) is 12.5. The first-order valence-corrected chi connectivity index (χ1v) is 21.3. The Morgan fingerprint density at radius 2 is 0.980 bits per heavy atom. The van der Waals surface area contributed by atoms with Gasteiger partial charge in [-0.1, -0.05) is 166 Å². The van der Waals surface area contributed by atoms with Crippen molar-refractivity contribution in [1.82, 2.24) is 5.32 Å². The molecule has 1 amide bonds. The summed E-state index contributed by atoms with van der Waals surface area (Å²) >= 11 is 0. The SMILES string of the molecule is CCCC/C=C\C/C=C\C(CCCCCCC(=O)NCC(=O)O)OC(=O)CCCCCCCCCCCCC/C=C\C/C=C\CCCCCCC. The summed E-state index contributed by atoms with van der Waals surface area (Å²) in [6.07, 6.45) is 51.2. The van der Waals surface area contributed by atoms with Gasteiger partial charge in [-0.15, -0.1) is 0 Å². The van der Waals surface area contributed by atoms with Crippen molar-refractivity contribution in [2.24, 2.45) is 0 Å². The van der Waals surface area contributed by atoms with Crippen LogP contribution >= 0.6 is 0 Å². The molecule has 0 bridgehead atoms. The van der Waals surface area contributed by atoms with Gasteiger partial charge in [0.25, 0.3) is 0 Å². The lowest BCUT2D eigenvalue weighted by atomic mass is 10.0. The van der Waals surface area contributed by atoms with E-state index in [4.69, 9.17) is 9.84 Å². The number of aliphatic carboxylic acids is 1. The number of amides is 1. The van der Waals surface area contributed by atoms with Crippen LogP contribution in [-0.2, 0) is 19.1 Å². The summed E-state index contributed by atoms with van der Waals surface area (Å²) in [5.74, 6) is -1.35. The van der Waals surface area contributed by atoms with Crippen LogP contribution in [0.5, 0.6) is 0 Å². The number of carboxylic acids is 1. The van der Waals surface area contributed by atoms with Crippen LogP contribution < -0.4 is 5.32 Å². The Hall–Kier alpha value is -2.63. The third-order valence-corrected chi connectivity index (χ3v) is 9.21. The van der Waals surface area contributed by atoms with Gasteiger partial charge in [-0.25, -0.2) is 0 Å². The van der Waals surface area contributed by atoms with E-state index in [1.165, 1.54) is 116 Å². The Labute approximate surface area is 314 Å². The first kappa shape index (κ1) is 48.4. The molecule has 0 aromatic carbocycles. The van der Waals surface area contributed by atoms with Crippen LogP contribution in [0.1, 0.15) is 206 Å². The van der Waals surface area contributed by atoms with Gasteiger partial charge >= 0.3 is 11.9 Å². The van der Waals surface area contributed by atoms with E-state index in [9.17, 15) is 14.4 Å². The van der Waals surface area contributed by atoms with Gasteiger partial charge in [0, 0.05) is 12.8 Å². The van der Waals surface area contributed by atoms with Gasteiger partial charge in [0.05, 0.1) is 0 Å². The van der Waals surface area contributed by atoms with E-state index < -0.39 is 5.97 Å². The van der Waals surface area contributed by atoms with E-state index in [0.29, 0.717) is 12.8 Å². The van der Waals surface area contributed by atoms with Crippen molar-refractivity contribution >= 4 is 17.8 Å². The molecule has 0 saturated heterocycles. The fourth-order valence-electron chi connectivity index (χ4n) is 6.01. The number of carboxylic acid groups (broad SMARTS) is 1. The molecule has 0 radical (unpaired) electrons. The maximum Gasteiger partial charge on any atom is 0.322 e. The van der Waals surface area contributed by atoms with E-state index >= 15 is 0 Å². The number of nitrogens with one attached hydrogen (secondary N) is 1. The van der Waals surface area contributed by atoms with Gasteiger partial charge in [-0.3, -0.25) is 14.4 Å². The minimum Gasteiger partial charge on any atom is -0.480 e. The first-order valence-electron chi connectivity index (χ1n) is 21.3. The van der Waals surface area contributed by atoms with E-state index in [0.717, 1.165) is 64.2 Å². The minimum absolute atomic E-state index is 0.103. The fourth-order valence-corrected chi connectivity index (χ4v) is 6.01. The van der Waals surface area contributed by atoms with Crippen LogP contribution in [0.2, 0.25) is 0 Å². The van der Waals surface area contributed by atoms with Crippen LogP contribution in [0.3, 0.4) is 0 Å². The lowest BCUT2D eigenvalue weighted by Gasteiger charge is -2.14. The standard InChI is InChI=1S/C45H79NO5/c1-3-5-7-9-11-12-13-14-15-16-17-18-19-20-21-22-23-24-25-26-28-30-36-40-45(50)51-42(37-33-29-27-10-8-6-4-2)38-34-31-32-35-39-43(47)46-41-44(48)49/h10,13-14,16-17,27,33,37,42H,3-9,11-12,15,18-26,28-32,34-36,38-41H2,1-2H3,(H,46,47)(H,48,49)/b14-13-,17-16-,27-10-,37-33-.